The quantitative estimate of drug-likeness (QED) is 0.874. The Bertz CT molecular complexity index is 363. The molecule has 0 radical (unpaired) electrons. The summed E-state index contributed by atoms with van der Waals surface area (Å²) >= 11 is 0. The van der Waals surface area contributed by atoms with Gasteiger partial charge < -0.3 is 9.84 Å². The lowest BCUT2D eigenvalue weighted by Crippen LogP contribution is -2.27. The van der Waals surface area contributed by atoms with Gasteiger partial charge in [0.1, 0.15) is 5.75 Å². The van der Waals surface area contributed by atoms with Crippen LogP contribution in [0.3, 0.4) is 0 Å². The zero-order valence-corrected chi connectivity index (χ0v) is 12.1. The number of rotatable bonds is 5. The molecule has 0 amide bonds. The van der Waals surface area contributed by atoms with Crippen molar-refractivity contribution < 1.29 is 9.84 Å². The Morgan fingerprint density at radius 2 is 1.79 bits per heavy atom. The third-order valence-corrected chi connectivity index (χ3v) is 4.62. The molecule has 0 heterocycles. The third kappa shape index (κ3) is 3.97. The van der Waals surface area contributed by atoms with Crippen molar-refractivity contribution in [2.24, 2.45) is 11.8 Å². The Morgan fingerprint density at radius 3 is 2.32 bits per heavy atom. The first-order valence-corrected chi connectivity index (χ1v) is 7.54. The molecule has 1 aliphatic carbocycles. The third-order valence-electron chi connectivity index (χ3n) is 4.62. The van der Waals surface area contributed by atoms with Crippen LogP contribution in [0.4, 0.5) is 0 Å². The van der Waals surface area contributed by atoms with E-state index in [0.717, 1.165) is 18.1 Å². The summed E-state index contributed by atoms with van der Waals surface area (Å²) in [5.41, 5.74) is 1.20. The molecule has 0 bridgehead atoms. The molecule has 1 N–H and O–H groups in total. The van der Waals surface area contributed by atoms with Crippen LogP contribution in [-0.4, -0.2) is 18.3 Å². The Balaban J connectivity index is 1.84. The second-order valence-electron chi connectivity index (χ2n) is 5.81. The monoisotopic (exact) mass is 262 g/mol. The topological polar surface area (TPSA) is 29.5 Å². The van der Waals surface area contributed by atoms with E-state index in [2.05, 4.69) is 19.1 Å². The van der Waals surface area contributed by atoms with E-state index in [0.29, 0.717) is 5.92 Å². The predicted octanol–water partition coefficient (Wildman–Crippen LogP) is 3.82. The maximum atomic E-state index is 10.4. The van der Waals surface area contributed by atoms with Crippen molar-refractivity contribution in [3.8, 4) is 5.75 Å². The molecular weight excluding hydrogens is 236 g/mol. The van der Waals surface area contributed by atoms with E-state index >= 15 is 0 Å². The van der Waals surface area contributed by atoms with Crippen molar-refractivity contribution >= 4 is 0 Å². The molecule has 1 aliphatic rings. The first-order valence-electron chi connectivity index (χ1n) is 7.54. The van der Waals surface area contributed by atoms with Crippen molar-refractivity contribution in [3.63, 3.8) is 0 Å². The van der Waals surface area contributed by atoms with Gasteiger partial charge in [-0.25, -0.2) is 0 Å². The van der Waals surface area contributed by atoms with Gasteiger partial charge >= 0.3 is 0 Å². The molecule has 2 heteroatoms. The number of aliphatic hydroxyl groups excluding tert-OH is 1. The number of benzene rings is 1. The van der Waals surface area contributed by atoms with Crippen LogP contribution in [0.1, 0.15) is 44.6 Å². The normalized spacial score (nSPS) is 25.0. The Hall–Kier alpha value is -1.02. The summed E-state index contributed by atoms with van der Waals surface area (Å²) in [4.78, 5) is 0. The average Bonchev–Trinajstić information content (AvgIpc) is 2.48. The molecule has 19 heavy (non-hydrogen) atoms. The molecule has 1 atom stereocenters. The highest BCUT2D eigenvalue weighted by Crippen LogP contribution is 2.33. The van der Waals surface area contributed by atoms with E-state index in [1.807, 2.05) is 12.1 Å². The van der Waals surface area contributed by atoms with Gasteiger partial charge in [0.05, 0.1) is 13.2 Å². The van der Waals surface area contributed by atoms with E-state index < -0.39 is 0 Å². The summed E-state index contributed by atoms with van der Waals surface area (Å²) < 4.78 is 5.15. The van der Waals surface area contributed by atoms with Gasteiger partial charge in [-0.3, -0.25) is 0 Å². The maximum Gasteiger partial charge on any atom is 0.118 e. The Kier molecular flexibility index (Phi) is 5.26. The molecule has 1 unspecified atom stereocenters. The highest BCUT2D eigenvalue weighted by Gasteiger charge is 2.25. The fourth-order valence-electron chi connectivity index (χ4n) is 3.15. The van der Waals surface area contributed by atoms with Crippen LogP contribution < -0.4 is 4.74 Å². The largest absolute Gasteiger partial charge is 0.497 e. The van der Waals surface area contributed by atoms with Gasteiger partial charge in [-0.15, -0.1) is 0 Å². The van der Waals surface area contributed by atoms with Crippen molar-refractivity contribution in [1.29, 1.82) is 0 Å². The van der Waals surface area contributed by atoms with Crippen LogP contribution in [0.25, 0.3) is 0 Å². The van der Waals surface area contributed by atoms with E-state index in [9.17, 15) is 5.11 Å². The van der Waals surface area contributed by atoms with E-state index in [4.69, 9.17) is 4.74 Å². The lowest BCUT2D eigenvalue weighted by Gasteiger charge is -2.31. The summed E-state index contributed by atoms with van der Waals surface area (Å²) in [6.45, 7) is 2.28. The second-order valence-corrected chi connectivity index (χ2v) is 5.81. The van der Waals surface area contributed by atoms with Gasteiger partial charge in [-0.2, -0.15) is 0 Å². The minimum Gasteiger partial charge on any atom is -0.497 e. The van der Waals surface area contributed by atoms with Gasteiger partial charge in [0.25, 0.3) is 0 Å². The predicted molar refractivity (Wildman–Crippen MR) is 78.4 cm³/mol. The lowest BCUT2D eigenvalue weighted by atomic mass is 9.77. The number of methoxy groups -OCH3 is 1. The zero-order valence-electron chi connectivity index (χ0n) is 12.1. The second kappa shape index (κ2) is 6.95. The van der Waals surface area contributed by atoms with E-state index in [1.165, 1.54) is 37.7 Å². The van der Waals surface area contributed by atoms with Gasteiger partial charge in [-0.1, -0.05) is 38.3 Å². The minimum atomic E-state index is -0.189. The van der Waals surface area contributed by atoms with Crippen molar-refractivity contribution in [1.82, 2.24) is 0 Å². The first kappa shape index (κ1) is 14.4. The smallest absolute Gasteiger partial charge is 0.118 e. The van der Waals surface area contributed by atoms with Crippen molar-refractivity contribution in [3.05, 3.63) is 29.8 Å². The highest BCUT2D eigenvalue weighted by molar-refractivity contribution is 5.27. The van der Waals surface area contributed by atoms with Gasteiger partial charge in [-0.05, 0) is 48.8 Å². The Morgan fingerprint density at radius 1 is 1.16 bits per heavy atom. The standard InChI is InChI=1S/C17H26O2/c1-3-13-4-8-15(9-5-13)17(18)12-14-6-10-16(19-2)11-7-14/h6-7,10-11,13,15,17-18H,3-5,8-9,12H2,1-2H3. The number of hydrogen-bond acceptors (Lipinski definition) is 2. The fourth-order valence-corrected chi connectivity index (χ4v) is 3.15. The number of aliphatic hydroxyl groups is 1. The van der Waals surface area contributed by atoms with E-state index in [-0.39, 0.29) is 6.10 Å². The molecule has 0 spiro atoms. The van der Waals surface area contributed by atoms with Crippen LogP contribution >= 0.6 is 0 Å². The molecule has 0 aliphatic heterocycles. The number of hydrogen-bond donors (Lipinski definition) is 1. The van der Waals surface area contributed by atoms with Crippen molar-refractivity contribution in [2.75, 3.05) is 7.11 Å². The van der Waals surface area contributed by atoms with Crippen LogP contribution in [0, 0.1) is 11.8 Å². The summed E-state index contributed by atoms with van der Waals surface area (Å²) in [5.74, 6) is 2.26. The lowest BCUT2D eigenvalue weighted by molar-refractivity contribution is 0.0735. The van der Waals surface area contributed by atoms with E-state index in [1.54, 1.807) is 7.11 Å². The van der Waals surface area contributed by atoms with Gasteiger partial charge in [0, 0.05) is 0 Å². The number of ether oxygens (including phenoxy) is 1. The van der Waals surface area contributed by atoms with Crippen molar-refractivity contribution in [2.45, 2.75) is 51.6 Å². The van der Waals surface area contributed by atoms with Crippen LogP contribution in [0.15, 0.2) is 24.3 Å². The molecule has 1 aromatic rings. The minimum absolute atomic E-state index is 0.189. The maximum absolute atomic E-state index is 10.4. The van der Waals surface area contributed by atoms with Gasteiger partial charge in [0.15, 0.2) is 0 Å². The SMILES string of the molecule is CCC1CCC(C(O)Cc2ccc(OC)cc2)CC1. The van der Waals surface area contributed by atoms with Crippen LogP contribution in [0.5, 0.6) is 5.75 Å². The molecule has 1 fully saturated rings. The molecule has 0 saturated heterocycles. The van der Waals surface area contributed by atoms with Crippen LogP contribution in [0.2, 0.25) is 0 Å². The molecule has 106 valence electrons. The zero-order chi connectivity index (χ0) is 13.7. The molecule has 2 rings (SSSR count). The molecule has 1 saturated carbocycles. The summed E-state index contributed by atoms with van der Waals surface area (Å²) in [5, 5.41) is 10.4. The summed E-state index contributed by atoms with van der Waals surface area (Å²) in [7, 11) is 1.68. The summed E-state index contributed by atoms with van der Waals surface area (Å²) in [6.07, 6.45) is 6.84. The highest BCUT2D eigenvalue weighted by atomic mass is 16.5. The Labute approximate surface area is 116 Å². The first-order chi connectivity index (χ1) is 9.22. The van der Waals surface area contributed by atoms with Crippen LogP contribution in [-0.2, 0) is 6.42 Å². The average molecular weight is 262 g/mol. The molecular formula is C17H26O2. The fraction of sp³-hybridized carbons (Fsp3) is 0.647. The molecule has 0 aromatic heterocycles. The summed E-state index contributed by atoms with van der Waals surface area (Å²) in [6, 6.07) is 8.05. The van der Waals surface area contributed by atoms with Gasteiger partial charge in [0.2, 0.25) is 0 Å². The molecule has 1 aromatic carbocycles. The molecule has 2 nitrogen and oxygen atoms in total.